The topological polar surface area (TPSA) is 38.8 Å². The molecule has 0 N–H and O–H groups in total. The Morgan fingerprint density at radius 2 is 1.58 bits per heavy atom. The van der Waals surface area contributed by atoms with Gasteiger partial charge in [-0.05, 0) is 36.8 Å². The minimum Gasteiger partial charge on any atom is -0.445 e. The second-order valence-electron chi connectivity index (χ2n) is 8.93. The van der Waals surface area contributed by atoms with Crippen LogP contribution < -0.4 is 0 Å². The number of nitrogens with zero attached hydrogens (tertiary/aromatic N) is 1. The lowest BCUT2D eigenvalue weighted by Gasteiger charge is -2.52. The lowest BCUT2D eigenvalue weighted by molar-refractivity contribution is -0.0630. The molecule has 4 rings (SSSR count). The van der Waals surface area contributed by atoms with Crippen molar-refractivity contribution in [1.29, 1.82) is 0 Å². The summed E-state index contributed by atoms with van der Waals surface area (Å²) in [4.78, 5) is 15.2. The predicted octanol–water partition coefficient (Wildman–Crippen LogP) is 6.12. The van der Waals surface area contributed by atoms with Crippen molar-refractivity contribution in [3.8, 4) is 0 Å². The van der Waals surface area contributed by atoms with Gasteiger partial charge in [0.05, 0.1) is 18.8 Å². The largest absolute Gasteiger partial charge is 0.445 e. The molecule has 2 aromatic carbocycles. The van der Waals surface area contributed by atoms with Crippen LogP contribution in [0.1, 0.15) is 49.7 Å². The molecule has 2 atom stereocenters. The van der Waals surface area contributed by atoms with Gasteiger partial charge in [0.25, 0.3) is 0 Å². The predicted molar refractivity (Wildman–Crippen MR) is 122 cm³/mol. The van der Waals surface area contributed by atoms with Crippen LogP contribution in [0.2, 0.25) is 0 Å². The Morgan fingerprint density at radius 1 is 0.935 bits per heavy atom. The fraction of sp³-hybridized carbons (Fsp3) is 0.444. The number of benzene rings is 2. The first-order valence-electron chi connectivity index (χ1n) is 11.4. The average molecular weight is 420 g/mol. The number of hydrogen-bond acceptors (Lipinski definition) is 3. The molecule has 1 aliphatic carbocycles. The van der Waals surface area contributed by atoms with E-state index in [2.05, 4.69) is 18.7 Å². The van der Waals surface area contributed by atoms with Gasteiger partial charge < -0.3 is 14.4 Å². The van der Waals surface area contributed by atoms with Gasteiger partial charge in [-0.1, -0.05) is 79.6 Å². The van der Waals surface area contributed by atoms with Crippen molar-refractivity contribution in [2.24, 2.45) is 5.41 Å². The second kappa shape index (κ2) is 9.69. The quantitative estimate of drug-likeness (QED) is 0.484. The zero-order valence-corrected chi connectivity index (χ0v) is 18.3. The minimum atomic E-state index is -0.266. The van der Waals surface area contributed by atoms with Gasteiger partial charge >= 0.3 is 6.09 Å². The number of amides is 1. The van der Waals surface area contributed by atoms with Crippen molar-refractivity contribution in [2.75, 3.05) is 13.2 Å². The van der Waals surface area contributed by atoms with Crippen LogP contribution in [0.25, 0.3) is 0 Å². The molecule has 2 aliphatic rings. The van der Waals surface area contributed by atoms with E-state index >= 15 is 0 Å². The minimum absolute atomic E-state index is 0.0417. The van der Waals surface area contributed by atoms with E-state index in [0.717, 1.165) is 44.2 Å². The Labute approximate surface area is 185 Å². The Bertz CT molecular complexity index is 869. The molecule has 31 heavy (non-hydrogen) atoms. The summed E-state index contributed by atoms with van der Waals surface area (Å²) in [7, 11) is 0. The molecule has 164 valence electrons. The van der Waals surface area contributed by atoms with E-state index in [1.807, 2.05) is 59.5 Å². The third-order valence-electron chi connectivity index (χ3n) is 7.21. The molecule has 1 saturated carbocycles. The van der Waals surface area contributed by atoms with E-state index in [-0.39, 0.29) is 17.0 Å². The zero-order valence-electron chi connectivity index (χ0n) is 18.3. The first-order valence-corrected chi connectivity index (χ1v) is 11.4. The van der Waals surface area contributed by atoms with E-state index in [0.29, 0.717) is 19.8 Å². The lowest BCUT2D eigenvalue weighted by Crippen LogP contribution is -2.58. The van der Waals surface area contributed by atoms with Crippen molar-refractivity contribution in [3.05, 3.63) is 84.4 Å². The molecule has 4 nitrogen and oxygen atoms in total. The number of carbonyl (C=O) groups excluding carboxylic acids is 1. The SMILES string of the molecule is C=CC[C@@]12CCCC[C@]1(COCc1ccccc1)CCN2C(=O)OCc1ccccc1. The molecule has 2 fully saturated rings. The fourth-order valence-corrected chi connectivity index (χ4v) is 5.65. The highest BCUT2D eigenvalue weighted by atomic mass is 16.6. The van der Waals surface area contributed by atoms with Crippen LogP contribution in [0, 0.1) is 5.41 Å². The summed E-state index contributed by atoms with van der Waals surface area (Å²) in [6, 6.07) is 20.2. The van der Waals surface area contributed by atoms with Crippen molar-refractivity contribution in [1.82, 2.24) is 4.90 Å². The summed E-state index contributed by atoms with van der Waals surface area (Å²) in [6.45, 7) is 6.33. The van der Waals surface area contributed by atoms with Gasteiger partial charge in [-0.15, -0.1) is 6.58 Å². The van der Waals surface area contributed by atoms with Crippen molar-refractivity contribution >= 4 is 6.09 Å². The smallest absolute Gasteiger partial charge is 0.410 e. The monoisotopic (exact) mass is 419 g/mol. The summed E-state index contributed by atoms with van der Waals surface area (Å²) in [5, 5.41) is 0. The van der Waals surface area contributed by atoms with E-state index in [1.54, 1.807) is 0 Å². The van der Waals surface area contributed by atoms with E-state index in [9.17, 15) is 4.79 Å². The van der Waals surface area contributed by atoms with Crippen LogP contribution in [0.4, 0.5) is 4.79 Å². The molecule has 0 spiro atoms. The van der Waals surface area contributed by atoms with E-state index in [4.69, 9.17) is 9.47 Å². The summed E-state index contributed by atoms with van der Waals surface area (Å²) >= 11 is 0. The summed E-state index contributed by atoms with van der Waals surface area (Å²) in [5.41, 5.74) is 1.88. The second-order valence-corrected chi connectivity index (χ2v) is 8.93. The number of fused-ring (bicyclic) bond motifs is 1. The molecular weight excluding hydrogens is 386 g/mol. The van der Waals surface area contributed by atoms with Crippen LogP contribution in [-0.4, -0.2) is 29.7 Å². The molecule has 1 amide bonds. The van der Waals surface area contributed by atoms with E-state index < -0.39 is 0 Å². The standard InChI is InChI=1S/C27H33NO3/c1-2-15-27-17-10-9-16-26(27,22-30-20-23-11-5-3-6-12-23)18-19-28(27)25(29)31-21-24-13-7-4-8-14-24/h2-8,11-14H,1,9-10,15-22H2/t26-,27-/m1/s1. The number of hydrogen-bond donors (Lipinski definition) is 0. The number of ether oxygens (including phenoxy) is 2. The molecule has 0 aromatic heterocycles. The molecule has 1 heterocycles. The molecule has 0 bridgehead atoms. The van der Waals surface area contributed by atoms with Crippen molar-refractivity contribution in [2.45, 2.75) is 57.3 Å². The van der Waals surface area contributed by atoms with Crippen molar-refractivity contribution < 1.29 is 14.3 Å². The Kier molecular flexibility index (Phi) is 6.77. The van der Waals surface area contributed by atoms with E-state index in [1.165, 1.54) is 12.0 Å². The molecule has 0 unspecified atom stereocenters. The fourth-order valence-electron chi connectivity index (χ4n) is 5.65. The van der Waals surface area contributed by atoms with Crippen LogP contribution >= 0.6 is 0 Å². The van der Waals surface area contributed by atoms with Gasteiger partial charge in [0.2, 0.25) is 0 Å². The lowest BCUT2D eigenvalue weighted by atomic mass is 9.60. The molecule has 2 aromatic rings. The van der Waals surface area contributed by atoms with Gasteiger partial charge in [-0.25, -0.2) is 4.79 Å². The van der Waals surface area contributed by atoms with Crippen LogP contribution in [0.15, 0.2) is 73.3 Å². The Hall–Kier alpha value is -2.59. The highest BCUT2D eigenvalue weighted by Gasteiger charge is 2.61. The maximum atomic E-state index is 13.2. The Morgan fingerprint density at radius 3 is 2.26 bits per heavy atom. The van der Waals surface area contributed by atoms with Gasteiger partial charge in [0.1, 0.15) is 6.61 Å². The molecule has 1 aliphatic heterocycles. The highest BCUT2D eigenvalue weighted by molar-refractivity contribution is 5.70. The van der Waals surface area contributed by atoms with Gasteiger partial charge in [0.15, 0.2) is 0 Å². The molecule has 1 saturated heterocycles. The maximum Gasteiger partial charge on any atom is 0.410 e. The molecular formula is C27H33NO3. The summed E-state index contributed by atoms with van der Waals surface area (Å²) in [6.07, 6.45) is 7.86. The van der Waals surface area contributed by atoms with Gasteiger partial charge in [-0.3, -0.25) is 0 Å². The Balaban J connectivity index is 1.49. The number of likely N-dealkylation sites (tertiary alicyclic amines) is 1. The van der Waals surface area contributed by atoms with Crippen LogP contribution in [0.5, 0.6) is 0 Å². The normalized spacial score (nSPS) is 25.1. The maximum absolute atomic E-state index is 13.2. The zero-order chi connectivity index (χ0) is 21.6. The summed E-state index contributed by atoms with van der Waals surface area (Å²) < 4.78 is 12.0. The third-order valence-corrected chi connectivity index (χ3v) is 7.21. The molecule has 0 radical (unpaired) electrons. The number of rotatable bonds is 8. The first kappa shape index (κ1) is 21.6. The third kappa shape index (κ3) is 4.40. The van der Waals surface area contributed by atoms with Gasteiger partial charge in [-0.2, -0.15) is 0 Å². The first-order chi connectivity index (χ1) is 15.2. The van der Waals surface area contributed by atoms with Crippen molar-refractivity contribution in [3.63, 3.8) is 0 Å². The van der Waals surface area contributed by atoms with Gasteiger partial charge in [0, 0.05) is 12.0 Å². The highest BCUT2D eigenvalue weighted by Crippen LogP contribution is 2.57. The van der Waals surface area contributed by atoms with Crippen LogP contribution in [-0.2, 0) is 22.7 Å². The molecule has 4 heteroatoms. The van der Waals surface area contributed by atoms with Crippen LogP contribution in [0.3, 0.4) is 0 Å². The number of carbonyl (C=O) groups is 1. The average Bonchev–Trinajstić information content (AvgIpc) is 3.14. The summed E-state index contributed by atoms with van der Waals surface area (Å²) in [5.74, 6) is 0.